The van der Waals surface area contributed by atoms with E-state index in [1.165, 1.54) is 16.3 Å². The summed E-state index contributed by atoms with van der Waals surface area (Å²) in [5, 5.41) is 5.80. The third-order valence-electron chi connectivity index (χ3n) is 4.67. The highest BCUT2D eigenvalue weighted by atomic mass is 16.5. The second-order valence-electron chi connectivity index (χ2n) is 6.21. The smallest absolute Gasteiger partial charge is 0.119 e. The summed E-state index contributed by atoms with van der Waals surface area (Å²) >= 11 is 0. The van der Waals surface area contributed by atoms with E-state index in [1.807, 2.05) is 18.3 Å². The van der Waals surface area contributed by atoms with Crippen molar-refractivity contribution in [3.8, 4) is 5.75 Å². The quantitative estimate of drug-likeness (QED) is 0.774. The molecule has 3 aromatic rings. The van der Waals surface area contributed by atoms with Gasteiger partial charge in [-0.1, -0.05) is 36.4 Å². The fraction of sp³-hybridized carbons (Fsp3) is 0.238. The molecule has 126 valence electrons. The van der Waals surface area contributed by atoms with Crippen LogP contribution in [0.25, 0.3) is 10.8 Å². The number of benzene rings is 2. The molecule has 0 spiro atoms. The first-order valence-electron chi connectivity index (χ1n) is 8.60. The highest BCUT2D eigenvalue weighted by Gasteiger charge is 2.22. The molecule has 0 radical (unpaired) electrons. The largest absolute Gasteiger partial charge is 0.497 e. The SMILES string of the molecule is COc1cccc(C(CC2=NCCN2)c2nccc3ccccc23)c1. The lowest BCUT2D eigenvalue weighted by atomic mass is 9.88. The molecule has 0 saturated carbocycles. The van der Waals surface area contributed by atoms with Crippen molar-refractivity contribution in [2.24, 2.45) is 4.99 Å². The number of hydrogen-bond acceptors (Lipinski definition) is 4. The third kappa shape index (κ3) is 3.20. The number of amidine groups is 1. The summed E-state index contributed by atoms with van der Waals surface area (Å²) in [6.07, 6.45) is 2.71. The van der Waals surface area contributed by atoms with E-state index in [2.05, 4.69) is 52.8 Å². The van der Waals surface area contributed by atoms with Gasteiger partial charge in [0.05, 0.1) is 25.2 Å². The van der Waals surface area contributed by atoms with Crippen LogP contribution in [0.2, 0.25) is 0 Å². The highest BCUT2D eigenvalue weighted by Crippen LogP contribution is 2.33. The minimum Gasteiger partial charge on any atom is -0.497 e. The molecule has 1 N–H and O–H groups in total. The molecule has 1 aromatic heterocycles. The Labute approximate surface area is 147 Å². The molecular weight excluding hydrogens is 310 g/mol. The first kappa shape index (κ1) is 15.6. The molecule has 4 rings (SSSR count). The van der Waals surface area contributed by atoms with Gasteiger partial charge in [0.1, 0.15) is 5.75 Å². The van der Waals surface area contributed by atoms with Crippen LogP contribution in [0.1, 0.15) is 23.6 Å². The molecular formula is C21H21N3O. The van der Waals surface area contributed by atoms with Crippen LogP contribution in [-0.4, -0.2) is 31.0 Å². The Morgan fingerprint density at radius 3 is 2.88 bits per heavy atom. The molecule has 1 unspecified atom stereocenters. The Balaban J connectivity index is 1.83. The predicted molar refractivity (Wildman–Crippen MR) is 102 cm³/mol. The van der Waals surface area contributed by atoms with E-state index in [-0.39, 0.29) is 5.92 Å². The normalized spacial score (nSPS) is 14.8. The van der Waals surface area contributed by atoms with Crippen LogP contribution in [-0.2, 0) is 0 Å². The van der Waals surface area contributed by atoms with Crippen LogP contribution in [0.4, 0.5) is 0 Å². The minimum absolute atomic E-state index is 0.130. The van der Waals surface area contributed by atoms with Gasteiger partial charge in [-0.2, -0.15) is 0 Å². The van der Waals surface area contributed by atoms with Crippen molar-refractivity contribution in [3.63, 3.8) is 0 Å². The predicted octanol–water partition coefficient (Wildman–Crippen LogP) is 3.77. The van der Waals surface area contributed by atoms with Crippen LogP contribution < -0.4 is 10.1 Å². The monoisotopic (exact) mass is 331 g/mol. The molecule has 1 atom stereocenters. The van der Waals surface area contributed by atoms with Gasteiger partial charge < -0.3 is 10.1 Å². The van der Waals surface area contributed by atoms with Crippen molar-refractivity contribution in [1.82, 2.24) is 10.3 Å². The number of fused-ring (bicyclic) bond motifs is 1. The van der Waals surface area contributed by atoms with Crippen LogP contribution in [0, 0.1) is 0 Å². The molecule has 0 amide bonds. The number of rotatable bonds is 5. The van der Waals surface area contributed by atoms with Gasteiger partial charge in [0.25, 0.3) is 0 Å². The first-order chi connectivity index (χ1) is 12.3. The molecule has 4 heteroatoms. The minimum atomic E-state index is 0.130. The lowest BCUT2D eigenvalue weighted by molar-refractivity contribution is 0.414. The zero-order chi connectivity index (χ0) is 17.1. The van der Waals surface area contributed by atoms with Gasteiger partial charge >= 0.3 is 0 Å². The van der Waals surface area contributed by atoms with E-state index in [0.29, 0.717) is 0 Å². The zero-order valence-corrected chi connectivity index (χ0v) is 14.3. The molecule has 2 heterocycles. The zero-order valence-electron chi connectivity index (χ0n) is 14.3. The van der Waals surface area contributed by atoms with E-state index in [9.17, 15) is 0 Å². The number of aliphatic imine (C=N–C) groups is 1. The van der Waals surface area contributed by atoms with Crippen molar-refractivity contribution in [2.75, 3.05) is 20.2 Å². The number of nitrogens with one attached hydrogen (secondary N) is 1. The van der Waals surface area contributed by atoms with E-state index >= 15 is 0 Å². The van der Waals surface area contributed by atoms with Gasteiger partial charge in [-0.25, -0.2) is 0 Å². The molecule has 0 aliphatic carbocycles. The van der Waals surface area contributed by atoms with E-state index in [4.69, 9.17) is 9.72 Å². The van der Waals surface area contributed by atoms with E-state index in [1.54, 1.807) is 7.11 Å². The topological polar surface area (TPSA) is 46.5 Å². The molecule has 0 saturated heterocycles. The summed E-state index contributed by atoms with van der Waals surface area (Å²) in [7, 11) is 1.70. The Hall–Kier alpha value is -2.88. The number of hydrogen-bond donors (Lipinski definition) is 1. The molecule has 0 fully saturated rings. The molecule has 1 aliphatic rings. The molecule has 4 nitrogen and oxygen atoms in total. The van der Waals surface area contributed by atoms with Crippen molar-refractivity contribution >= 4 is 16.6 Å². The fourth-order valence-electron chi connectivity index (χ4n) is 3.43. The van der Waals surface area contributed by atoms with Crippen LogP contribution in [0.3, 0.4) is 0 Å². The van der Waals surface area contributed by atoms with Gasteiger partial charge in [0.2, 0.25) is 0 Å². The maximum Gasteiger partial charge on any atom is 0.119 e. The van der Waals surface area contributed by atoms with Gasteiger partial charge in [-0.15, -0.1) is 0 Å². The summed E-state index contributed by atoms with van der Waals surface area (Å²) in [5.41, 5.74) is 2.28. The molecule has 0 bridgehead atoms. The first-order valence-corrected chi connectivity index (χ1v) is 8.60. The van der Waals surface area contributed by atoms with Crippen molar-refractivity contribution in [2.45, 2.75) is 12.3 Å². The number of aromatic nitrogens is 1. The molecule has 2 aromatic carbocycles. The number of ether oxygens (including phenoxy) is 1. The maximum atomic E-state index is 5.43. The van der Waals surface area contributed by atoms with Crippen LogP contribution in [0.5, 0.6) is 5.75 Å². The van der Waals surface area contributed by atoms with Crippen molar-refractivity contribution in [1.29, 1.82) is 0 Å². The third-order valence-corrected chi connectivity index (χ3v) is 4.67. The molecule has 1 aliphatic heterocycles. The van der Waals surface area contributed by atoms with Crippen molar-refractivity contribution in [3.05, 3.63) is 72.1 Å². The second kappa shape index (κ2) is 6.93. The lowest BCUT2D eigenvalue weighted by Crippen LogP contribution is -2.22. The summed E-state index contributed by atoms with van der Waals surface area (Å²) in [4.78, 5) is 9.35. The van der Waals surface area contributed by atoms with Crippen LogP contribution in [0.15, 0.2) is 65.8 Å². The molecule has 25 heavy (non-hydrogen) atoms. The highest BCUT2D eigenvalue weighted by molar-refractivity contribution is 5.88. The Morgan fingerprint density at radius 2 is 2.04 bits per heavy atom. The summed E-state index contributed by atoms with van der Waals surface area (Å²) in [6, 6.07) is 18.7. The second-order valence-corrected chi connectivity index (χ2v) is 6.21. The average molecular weight is 331 g/mol. The van der Waals surface area contributed by atoms with E-state index in [0.717, 1.165) is 36.8 Å². The number of nitrogens with zero attached hydrogens (tertiary/aromatic N) is 2. The van der Waals surface area contributed by atoms with Gasteiger partial charge in [0, 0.05) is 30.5 Å². The maximum absolute atomic E-state index is 5.43. The summed E-state index contributed by atoms with van der Waals surface area (Å²) in [5.74, 6) is 2.05. The fourth-order valence-corrected chi connectivity index (χ4v) is 3.43. The van der Waals surface area contributed by atoms with Crippen molar-refractivity contribution < 1.29 is 4.74 Å². The van der Waals surface area contributed by atoms with Gasteiger partial charge in [0.15, 0.2) is 0 Å². The Morgan fingerprint density at radius 1 is 1.12 bits per heavy atom. The number of methoxy groups -OCH3 is 1. The van der Waals surface area contributed by atoms with Gasteiger partial charge in [-0.05, 0) is 29.1 Å². The lowest BCUT2D eigenvalue weighted by Gasteiger charge is -2.20. The summed E-state index contributed by atoms with van der Waals surface area (Å²) < 4.78 is 5.43. The number of pyridine rings is 1. The van der Waals surface area contributed by atoms with Crippen LogP contribution >= 0.6 is 0 Å². The van der Waals surface area contributed by atoms with E-state index < -0.39 is 0 Å². The standard InChI is InChI=1S/C21H21N3O/c1-25-17-7-4-6-16(13-17)19(14-20-22-11-12-23-20)21-18-8-3-2-5-15(18)9-10-24-21/h2-10,13,19H,11-12,14H2,1H3,(H,22,23). The Bertz CT molecular complexity index is 914. The summed E-state index contributed by atoms with van der Waals surface area (Å²) in [6.45, 7) is 1.77. The average Bonchev–Trinajstić information content (AvgIpc) is 3.19. The van der Waals surface area contributed by atoms with Gasteiger partial charge in [-0.3, -0.25) is 9.98 Å². The Kier molecular flexibility index (Phi) is 4.34.